The molecule has 3 aromatic rings. The van der Waals surface area contributed by atoms with Crippen molar-refractivity contribution in [2.45, 2.75) is 5.41 Å². The Balaban J connectivity index is 2.04. The molecule has 2 aliphatic rings. The molecule has 1 unspecified atom stereocenters. The van der Waals surface area contributed by atoms with E-state index in [0.29, 0.717) is 11.1 Å². The van der Waals surface area contributed by atoms with E-state index < -0.39 is 22.8 Å². The van der Waals surface area contributed by atoms with Gasteiger partial charge in [-0.3, -0.25) is 4.79 Å². The van der Waals surface area contributed by atoms with Crippen LogP contribution < -0.4 is 21.0 Å². The zero-order valence-electron chi connectivity index (χ0n) is 15.0. The van der Waals surface area contributed by atoms with Crippen molar-refractivity contribution in [2.75, 3.05) is 11.9 Å². The molecule has 0 bridgehead atoms. The lowest BCUT2D eigenvalue weighted by molar-refractivity contribution is -0.120. The highest BCUT2D eigenvalue weighted by molar-refractivity contribution is 6.14. The number of halogens is 1. The predicted octanol–water partition coefficient (Wildman–Crippen LogP) is 2.28. The van der Waals surface area contributed by atoms with Gasteiger partial charge in [0.2, 0.25) is 11.8 Å². The van der Waals surface area contributed by atoms with Gasteiger partial charge in [0.25, 0.3) is 0 Å². The number of anilines is 1. The number of para-hydroxylation sites is 1. The minimum Gasteiger partial charge on any atom is -0.439 e. The molecule has 29 heavy (non-hydrogen) atoms. The number of ether oxygens (including phenoxy) is 1. The molecule has 0 saturated heterocycles. The summed E-state index contributed by atoms with van der Waals surface area (Å²) in [5.41, 5.74) is 3.48. The van der Waals surface area contributed by atoms with Gasteiger partial charge in [0.05, 0.1) is 5.39 Å². The second kappa shape index (κ2) is 5.45. The van der Waals surface area contributed by atoms with Crippen LogP contribution in [0.3, 0.4) is 0 Å². The summed E-state index contributed by atoms with van der Waals surface area (Å²) in [4.78, 5) is 27.9. The van der Waals surface area contributed by atoms with Gasteiger partial charge in [-0.15, -0.1) is 0 Å². The fourth-order valence-corrected chi connectivity index (χ4v) is 4.22. The SMILES string of the molecule is CN1C(=O)C2(C(C#N)=C(N)Oc3c2c(=O)oc2ccccc32)c2cc(F)ccc21. The first-order valence-electron chi connectivity index (χ1n) is 8.64. The standard InChI is InChI=1S/C21H12FN3O4/c1-25-14-7-6-10(22)8-12(14)21(20(25)27)13(9-23)18(24)29-17-11-4-2-3-5-15(11)28-19(26)16(17)21/h2-8H,24H2,1H3. The van der Waals surface area contributed by atoms with Crippen LogP contribution in [-0.4, -0.2) is 13.0 Å². The predicted molar refractivity (Wildman–Crippen MR) is 101 cm³/mol. The van der Waals surface area contributed by atoms with Gasteiger partial charge in [-0.05, 0) is 30.3 Å². The van der Waals surface area contributed by atoms with E-state index in [1.54, 1.807) is 24.3 Å². The van der Waals surface area contributed by atoms with E-state index in [4.69, 9.17) is 14.9 Å². The topological polar surface area (TPSA) is 110 Å². The Bertz CT molecular complexity index is 1380. The van der Waals surface area contributed by atoms with Crippen LogP contribution in [0.1, 0.15) is 11.1 Å². The molecule has 1 amide bonds. The van der Waals surface area contributed by atoms with Gasteiger partial charge in [0.15, 0.2) is 11.2 Å². The minimum absolute atomic E-state index is 0.0206. The maximum Gasteiger partial charge on any atom is 0.345 e. The highest BCUT2D eigenvalue weighted by Crippen LogP contribution is 2.54. The second-order valence-electron chi connectivity index (χ2n) is 6.82. The average Bonchev–Trinajstić information content (AvgIpc) is 2.90. The molecule has 8 heteroatoms. The lowest BCUT2D eigenvalue weighted by atomic mass is 9.69. The molecule has 0 radical (unpaired) electrons. The van der Waals surface area contributed by atoms with Gasteiger partial charge < -0.3 is 19.8 Å². The van der Waals surface area contributed by atoms with E-state index in [9.17, 15) is 19.2 Å². The van der Waals surface area contributed by atoms with E-state index >= 15 is 0 Å². The number of nitrogens with two attached hydrogens (primary N) is 1. The summed E-state index contributed by atoms with van der Waals surface area (Å²) in [7, 11) is 1.48. The summed E-state index contributed by atoms with van der Waals surface area (Å²) < 4.78 is 25.3. The fraction of sp³-hybridized carbons (Fsp3) is 0.0952. The smallest absolute Gasteiger partial charge is 0.345 e. The highest BCUT2D eigenvalue weighted by Gasteiger charge is 2.60. The Morgan fingerprint density at radius 1 is 1.21 bits per heavy atom. The lowest BCUT2D eigenvalue weighted by Gasteiger charge is -2.33. The number of rotatable bonds is 0. The van der Waals surface area contributed by atoms with Crippen LogP contribution in [0.5, 0.6) is 5.75 Å². The summed E-state index contributed by atoms with van der Waals surface area (Å²) in [6.07, 6.45) is 0. The third-order valence-corrected chi connectivity index (χ3v) is 5.44. The summed E-state index contributed by atoms with van der Waals surface area (Å²) in [6.45, 7) is 0. The summed E-state index contributed by atoms with van der Waals surface area (Å²) in [5, 5.41) is 10.3. The second-order valence-corrected chi connectivity index (χ2v) is 6.82. The van der Waals surface area contributed by atoms with Crippen LogP contribution in [-0.2, 0) is 10.2 Å². The third-order valence-electron chi connectivity index (χ3n) is 5.44. The van der Waals surface area contributed by atoms with Gasteiger partial charge in [0.1, 0.15) is 28.6 Å². The van der Waals surface area contributed by atoms with Crippen LogP contribution in [0, 0.1) is 17.1 Å². The Morgan fingerprint density at radius 3 is 2.72 bits per heavy atom. The van der Waals surface area contributed by atoms with Gasteiger partial charge in [-0.2, -0.15) is 5.26 Å². The number of hydrogen-bond acceptors (Lipinski definition) is 6. The van der Waals surface area contributed by atoms with Crippen molar-refractivity contribution in [3.63, 3.8) is 0 Å². The molecule has 2 aliphatic heterocycles. The molecular weight excluding hydrogens is 377 g/mol. The maximum absolute atomic E-state index is 14.2. The Morgan fingerprint density at radius 2 is 1.97 bits per heavy atom. The molecule has 0 aliphatic carbocycles. The van der Waals surface area contributed by atoms with E-state index in [-0.39, 0.29) is 33.9 Å². The van der Waals surface area contributed by atoms with Crippen molar-refractivity contribution < 1.29 is 18.3 Å². The molecule has 142 valence electrons. The Labute approximate surface area is 163 Å². The normalized spacial score (nSPS) is 19.9. The zero-order chi connectivity index (χ0) is 20.5. The van der Waals surface area contributed by atoms with Crippen molar-refractivity contribution in [1.82, 2.24) is 0 Å². The molecule has 1 spiro atoms. The van der Waals surface area contributed by atoms with Crippen molar-refractivity contribution in [3.8, 4) is 11.8 Å². The first-order valence-corrected chi connectivity index (χ1v) is 8.64. The molecule has 0 saturated carbocycles. The Kier molecular flexibility index (Phi) is 3.20. The molecule has 1 atom stereocenters. The van der Waals surface area contributed by atoms with E-state index in [1.807, 2.05) is 6.07 Å². The average molecular weight is 389 g/mol. The van der Waals surface area contributed by atoms with Crippen molar-refractivity contribution in [2.24, 2.45) is 5.73 Å². The molecule has 2 aromatic carbocycles. The number of fused-ring (bicyclic) bond motifs is 6. The first kappa shape index (κ1) is 17.0. The number of carbonyl (C=O) groups is 1. The molecule has 3 heterocycles. The summed E-state index contributed by atoms with van der Waals surface area (Å²) in [6, 6.07) is 12.2. The first-order chi connectivity index (χ1) is 13.9. The van der Waals surface area contributed by atoms with E-state index in [2.05, 4.69) is 0 Å². The summed E-state index contributed by atoms with van der Waals surface area (Å²) in [5.74, 6) is -1.55. The fourth-order valence-electron chi connectivity index (χ4n) is 4.22. The van der Waals surface area contributed by atoms with Crippen molar-refractivity contribution in [1.29, 1.82) is 5.26 Å². The number of hydrogen-bond donors (Lipinski definition) is 1. The number of nitrogens with zero attached hydrogens (tertiary/aromatic N) is 2. The van der Waals surface area contributed by atoms with Crippen LogP contribution in [0.15, 0.2) is 63.1 Å². The molecule has 5 rings (SSSR count). The van der Waals surface area contributed by atoms with Crippen LogP contribution in [0.25, 0.3) is 11.0 Å². The van der Waals surface area contributed by atoms with Gasteiger partial charge >= 0.3 is 5.63 Å². The highest BCUT2D eigenvalue weighted by atomic mass is 19.1. The molecule has 0 fully saturated rings. The molecule has 2 N–H and O–H groups in total. The minimum atomic E-state index is -1.96. The third kappa shape index (κ3) is 1.88. The van der Waals surface area contributed by atoms with Gasteiger partial charge in [-0.25, -0.2) is 9.18 Å². The van der Waals surface area contributed by atoms with Gasteiger partial charge in [-0.1, -0.05) is 12.1 Å². The largest absolute Gasteiger partial charge is 0.439 e. The van der Waals surface area contributed by atoms with E-state index in [1.165, 1.54) is 24.1 Å². The quantitative estimate of drug-likeness (QED) is 0.591. The molecular formula is C21H12FN3O4. The van der Waals surface area contributed by atoms with Crippen LogP contribution >= 0.6 is 0 Å². The molecule has 1 aromatic heterocycles. The number of amides is 1. The van der Waals surface area contributed by atoms with Crippen molar-refractivity contribution in [3.05, 3.63) is 81.3 Å². The van der Waals surface area contributed by atoms with Crippen LogP contribution in [0.4, 0.5) is 10.1 Å². The van der Waals surface area contributed by atoms with Crippen LogP contribution in [0.2, 0.25) is 0 Å². The lowest BCUT2D eigenvalue weighted by Crippen LogP contribution is -2.47. The van der Waals surface area contributed by atoms with Gasteiger partial charge in [0, 0.05) is 18.3 Å². The molecule has 7 nitrogen and oxygen atoms in total. The maximum atomic E-state index is 14.2. The number of benzene rings is 2. The number of likely N-dealkylation sites (N-methyl/N-ethyl adjacent to an activating group) is 1. The number of nitriles is 1. The van der Waals surface area contributed by atoms with Crippen molar-refractivity contribution >= 4 is 22.6 Å². The number of carbonyl (C=O) groups excluding carboxylic acids is 1. The Hall–Kier alpha value is -4.12. The zero-order valence-corrected chi connectivity index (χ0v) is 15.0. The van der Waals surface area contributed by atoms with E-state index in [0.717, 1.165) is 6.07 Å². The monoisotopic (exact) mass is 389 g/mol. The summed E-state index contributed by atoms with van der Waals surface area (Å²) >= 11 is 0.